The predicted octanol–water partition coefficient (Wildman–Crippen LogP) is 1.02. The van der Waals surface area contributed by atoms with Gasteiger partial charge in [0.25, 0.3) is 0 Å². The minimum absolute atomic E-state index is 1.02. The smallest absolute Gasteiger partial charge is 0.0147 e. The predicted molar refractivity (Wildman–Crippen MR) is 36.2 cm³/mol. The normalized spacial score (nSPS) is 8.62. The zero-order valence-corrected chi connectivity index (χ0v) is 5.41. The largest absolute Gasteiger partial charge is 0.329 e. The minimum atomic E-state index is 1.02. The zero-order valence-electron chi connectivity index (χ0n) is 5.41. The van der Waals surface area contributed by atoms with Crippen molar-refractivity contribution in [2.24, 2.45) is 0 Å². The molecule has 8 heavy (non-hydrogen) atoms. The molecule has 0 aromatic rings. The van der Waals surface area contributed by atoms with Gasteiger partial charge in [-0.05, 0) is 6.42 Å². The number of rotatable bonds is 5. The molecule has 2 N–H and O–H groups in total. The van der Waals surface area contributed by atoms with Crippen LogP contribution in [0.3, 0.4) is 0 Å². The van der Waals surface area contributed by atoms with Crippen molar-refractivity contribution in [3.8, 4) is 0 Å². The van der Waals surface area contributed by atoms with E-state index in [4.69, 9.17) is 0 Å². The molecule has 0 spiro atoms. The lowest BCUT2D eigenvalue weighted by atomic mass is 10.3. The summed E-state index contributed by atoms with van der Waals surface area (Å²) in [5.74, 6) is 0. The summed E-state index contributed by atoms with van der Waals surface area (Å²) in [6.45, 7) is 6.66. The summed E-state index contributed by atoms with van der Waals surface area (Å²) in [5, 5.41) is 0. The van der Waals surface area contributed by atoms with Crippen molar-refractivity contribution in [1.29, 1.82) is 0 Å². The van der Waals surface area contributed by atoms with Crippen molar-refractivity contribution in [2.75, 3.05) is 6.54 Å². The Labute approximate surface area is 50.9 Å². The average Bonchev–Trinajstić information content (AvgIpc) is 1.81. The van der Waals surface area contributed by atoms with Gasteiger partial charge in [-0.25, -0.2) is 5.43 Å². The van der Waals surface area contributed by atoms with Gasteiger partial charge in [0, 0.05) is 12.7 Å². The van der Waals surface area contributed by atoms with Crippen molar-refractivity contribution in [2.45, 2.75) is 19.8 Å². The van der Waals surface area contributed by atoms with E-state index in [9.17, 15) is 0 Å². The number of hydrazine groups is 1. The van der Waals surface area contributed by atoms with Crippen LogP contribution in [0.5, 0.6) is 0 Å². The first-order valence-electron chi connectivity index (χ1n) is 3.01. The second kappa shape index (κ2) is 6.50. The van der Waals surface area contributed by atoms with Crippen LogP contribution in [0.4, 0.5) is 0 Å². The highest BCUT2D eigenvalue weighted by Crippen LogP contribution is 1.79. The van der Waals surface area contributed by atoms with Crippen LogP contribution in [0.2, 0.25) is 0 Å². The molecule has 0 aliphatic heterocycles. The van der Waals surface area contributed by atoms with Crippen molar-refractivity contribution in [3.05, 3.63) is 12.8 Å². The maximum Gasteiger partial charge on any atom is 0.0147 e. The average molecular weight is 114 g/mol. The number of unbranched alkanes of at least 4 members (excludes halogenated alkanes) is 1. The summed E-state index contributed by atoms with van der Waals surface area (Å²) in [6.07, 6.45) is 4.07. The van der Waals surface area contributed by atoms with Crippen molar-refractivity contribution >= 4 is 0 Å². The number of hydrogen-bond donors (Lipinski definition) is 2. The Bertz CT molecular complexity index is 52.5. The fourth-order valence-electron chi connectivity index (χ4n) is 0.410. The van der Waals surface area contributed by atoms with Crippen LogP contribution in [0.25, 0.3) is 0 Å². The number of nitrogens with one attached hydrogen (secondary N) is 2. The molecule has 0 aliphatic rings. The van der Waals surface area contributed by atoms with Gasteiger partial charge in [-0.15, -0.1) is 0 Å². The van der Waals surface area contributed by atoms with E-state index in [-0.39, 0.29) is 0 Å². The van der Waals surface area contributed by atoms with Gasteiger partial charge >= 0.3 is 0 Å². The molecule has 0 bridgehead atoms. The Morgan fingerprint density at radius 3 is 2.88 bits per heavy atom. The summed E-state index contributed by atoms with van der Waals surface area (Å²) < 4.78 is 0. The Kier molecular flexibility index (Phi) is 6.09. The molecule has 0 aromatic carbocycles. The molecule has 0 amide bonds. The highest BCUT2D eigenvalue weighted by molar-refractivity contribution is 4.57. The molecule has 2 heteroatoms. The van der Waals surface area contributed by atoms with Crippen LogP contribution in [0.1, 0.15) is 19.8 Å². The Morgan fingerprint density at radius 2 is 2.38 bits per heavy atom. The Morgan fingerprint density at radius 1 is 1.62 bits per heavy atom. The molecule has 0 aliphatic carbocycles. The van der Waals surface area contributed by atoms with Gasteiger partial charge < -0.3 is 5.43 Å². The van der Waals surface area contributed by atoms with Gasteiger partial charge in [0.05, 0.1) is 0 Å². The highest BCUT2D eigenvalue weighted by atomic mass is 15.3. The standard InChI is InChI=1S/C6H14N2/c1-3-5-6-8-7-4-2/h4,7-8H,2-3,5-6H2,1H3. The van der Waals surface area contributed by atoms with Crippen LogP contribution in [-0.4, -0.2) is 6.54 Å². The molecular formula is C6H14N2. The van der Waals surface area contributed by atoms with Gasteiger partial charge in [-0.2, -0.15) is 0 Å². The molecule has 0 heterocycles. The van der Waals surface area contributed by atoms with Gasteiger partial charge in [-0.1, -0.05) is 19.9 Å². The third kappa shape index (κ3) is 5.50. The summed E-state index contributed by atoms with van der Waals surface area (Å²) in [4.78, 5) is 0. The zero-order chi connectivity index (χ0) is 6.24. The molecule has 2 nitrogen and oxygen atoms in total. The lowest BCUT2D eigenvalue weighted by Gasteiger charge is -1.99. The van der Waals surface area contributed by atoms with Crippen LogP contribution >= 0.6 is 0 Å². The van der Waals surface area contributed by atoms with Gasteiger partial charge in [0.1, 0.15) is 0 Å². The molecule has 0 saturated heterocycles. The highest BCUT2D eigenvalue weighted by Gasteiger charge is 1.77. The molecule has 0 rings (SSSR count). The summed E-state index contributed by atoms with van der Waals surface area (Å²) in [7, 11) is 0. The van der Waals surface area contributed by atoms with E-state index < -0.39 is 0 Å². The summed E-state index contributed by atoms with van der Waals surface area (Å²) in [5.41, 5.74) is 5.76. The first kappa shape index (κ1) is 7.50. The summed E-state index contributed by atoms with van der Waals surface area (Å²) in [6, 6.07) is 0. The number of hydrogen-bond acceptors (Lipinski definition) is 2. The molecule has 0 saturated carbocycles. The summed E-state index contributed by atoms with van der Waals surface area (Å²) >= 11 is 0. The molecule has 48 valence electrons. The topological polar surface area (TPSA) is 24.1 Å². The van der Waals surface area contributed by atoms with Crippen molar-refractivity contribution in [3.63, 3.8) is 0 Å². The van der Waals surface area contributed by atoms with Crippen LogP contribution < -0.4 is 10.9 Å². The van der Waals surface area contributed by atoms with E-state index in [2.05, 4.69) is 24.4 Å². The van der Waals surface area contributed by atoms with Crippen LogP contribution in [0, 0.1) is 0 Å². The van der Waals surface area contributed by atoms with E-state index in [1.54, 1.807) is 6.20 Å². The maximum absolute atomic E-state index is 3.48. The van der Waals surface area contributed by atoms with Gasteiger partial charge in [0.2, 0.25) is 0 Å². The molecule has 0 radical (unpaired) electrons. The monoisotopic (exact) mass is 114 g/mol. The second-order valence-electron chi connectivity index (χ2n) is 1.63. The van der Waals surface area contributed by atoms with E-state index in [1.165, 1.54) is 12.8 Å². The molecule has 0 unspecified atom stereocenters. The van der Waals surface area contributed by atoms with Crippen LogP contribution in [0.15, 0.2) is 12.8 Å². The van der Waals surface area contributed by atoms with E-state index in [1.807, 2.05) is 0 Å². The lowest BCUT2D eigenvalue weighted by molar-refractivity contribution is 0.594. The SMILES string of the molecule is C=CNNCCCC. The van der Waals surface area contributed by atoms with Gasteiger partial charge in [0.15, 0.2) is 0 Å². The van der Waals surface area contributed by atoms with Gasteiger partial charge in [-0.3, -0.25) is 0 Å². The lowest BCUT2D eigenvalue weighted by Crippen LogP contribution is -2.26. The van der Waals surface area contributed by atoms with Crippen molar-refractivity contribution in [1.82, 2.24) is 10.9 Å². The molecule has 0 fully saturated rings. The van der Waals surface area contributed by atoms with Crippen molar-refractivity contribution < 1.29 is 0 Å². The van der Waals surface area contributed by atoms with E-state index >= 15 is 0 Å². The van der Waals surface area contributed by atoms with Crippen LogP contribution in [-0.2, 0) is 0 Å². The molecule has 0 aromatic heterocycles. The first-order valence-corrected chi connectivity index (χ1v) is 3.01. The first-order chi connectivity index (χ1) is 3.91. The maximum atomic E-state index is 3.48. The third-order valence-corrected chi connectivity index (χ3v) is 0.859. The second-order valence-corrected chi connectivity index (χ2v) is 1.63. The molecule has 0 atom stereocenters. The molecular weight excluding hydrogens is 100 g/mol. The van der Waals surface area contributed by atoms with E-state index in [0.717, 1.165) is 6.54 Å². The minimum Gasteiger partial charge on any atom is -0.329 e. The fraction of sp³-hybridized carbons (Fsp3) is 0.667. The van der Waals surface area contributed by atoms with E-state index in [0.29, 0.717) is 0 Å². The fourth-order valence-corrected chi connectivity index (χ4v) is 0.410. The quantitative estimate of drug-likeness (QED) is 0.412. The Hall–Kier alpha value is -0.500. The Balaban J connectivity index is 2.62. The third-order valence-electron chi connectivity index (χ3n) is 0.859.